The van der Waals surface area contributed by atoms with Crippen LogP contribution in [0.4, 0.5) is 0 Å². The van der Waals surface area contributed by atoms with Gasteiger partial charge in [-0.05, 0) is 87.4 Å². The first kappa shape index (κ1) is 28.4. The largest absolute Gasteiger partial charge is 0.341 e. The Morgan fingerprint density at radius 2 is 1.51 bits per heavy atom. The Balaban J connectivity index is 1.48. The lowest BCUT2D eigenvalue weighted by Gasteiger charge is -2.08. The fourth-order valence-electron chi connectivity index (χ4n) is 5.17. The fraction of sp³-hybridized carbons (Fsp3) is 0.229. The number of carbonyl (C=O) groups excluding carboxylic acids is 2. The summed E-state index contributed by atoms with van der Waals surface area (Å²) < 4.78 is 2.26. The van der Waals surface area contributed by atoms with Gasteiger partial charge in [0, 0.05) is 56.9 Å². The second kappa shape index (κ2) is 12.6. The molecule has 5 rings (SSSR count). The number of thioether (sulfide) groups is 1. The van der Waals surface area contributed by atoms with Gasteiger partial charge in [0.05, 0.1) is 5.71 Å². The number of carbonyl (C=O) groups is 2. The number of aryl methyl sites for hydroxylation is 3. The molecule has 0 atom stereocenters. The Morgan fingerprint density at radius 1 is 0.854 bits per heavy atom. The number of ketones is 1. The normalized spacial score (nSPS) is 11.8. The number of hydrogen-bond acceptors (Lipinski definition) is 5. The summed E-state index contributed by atoms with van der Waals surface area (Å²) in [6.45, 7) is 8.33. The van der Waals surface area contributed by atoms with Crippen LogP contribution in [0.1, 0.15) is 59.3 Å². The highest BCUT2D eigenvalue weighted by Crippen LogP contribution is 2.32. The molecule has 0 saturated carbocycles. The van der Waals surface area contributed by atoms with Crippen LogP contribution in [0.3, 0.4) is 0 Å². The molecule has 0 fully saturated rings. The van der Waals surface area contributed by atoms with Crippen molar-refractivity contribution in [2.24, 2.45) is 5.16 Å². The Hall–Kier alpha value is -4.16. The minimum absolute atomic E-state index is 0.0155. The highest BCUT2D eigenvalue weighted by Gasteiger charge is 2.17. The van der Waals surface area contributed by atoms with Crippen molar-refractivity contribution in [1.29, 1.82) is 0 Å². The van der Waals surface area contributed by atoms with E-state index < -0.39 is 5.97 Å². The number of hydrogen-bond donors (Lipinski definition) is 0. The van der Waals surface area contributed by atoms with Crippen LogP contribution >= 0.6 is 11.8 Å². The van der Waals surface area contributed by atoms with Gasteiger partial charge in [-0.3, -0.25) is 4.79 Å². The van der Waals surface area contributed by atoms with Crippen LogP contribution in [-0.4, -0.2) is 27.8 Å². The summed E-state index contributed by atoms with van der Waals surface area (Å²) in [5.41, 5.74) is 7.39. The average Bonchev–Trinajstić information content (AvgIpc) is 3.29. The summed E-state index contributed by atoms with van der Waals surface area (Å²) in [5.74, 6) is 0.491. The zero-order valence-corrected chi connectivity index (χ0v) is 24.8. The number of aromatic nitrogens is 1. The first-order chi connectivity index (χ1) is 19.9. The lowest BCUT2D eigenvalue weighted by molar-refractivity contribution is -0.140. The van der Waals surface area contributed by atoms with E-state index in [1.165, 1.54) is 17.4 Å². The van der Waals surface area contributed by atoms with Gasteiger partial charge in [-0.25, -0.2) is 4.79 Å². The monoisotopic (exact) mass is 562 g/mol. The van der Waals surface area contributed by atoms with E-state index in [0.29, 0.717) is 17.5 Å². The maximum atomic E-state index is 13.4. The summed E-state index contributed by atoms with van der Waals surface area (Å²) in [6.07, 6.45) is 1.55. The Morgan fingerprint density at radius 3 is 2.17 bits per heavy atom. The van der Waals surface area contributed by atoms with E-state index in [0.717, 1.165) is 57.4 Å². The fourth-order valence-corrected chi connectivity index (χ4v) is 6.03. The van der Waals surface area contributed by atoms with Crippen molar-refractivity contribution in [3.05, 3.63) is 113 Å². The van der Waals surface area contributed by atoms with Crippen LogP contribution in [0.25, 0.3) is 21.8 Å². The highest BCUT2D eigenvalue weighted by molar-refractivity contribution is 7.99. The second-order valence-corrected chi connectivity index (χ2v) is 11.4. The number of nitrogens with zero attached hydrogens (tertiary/aromatic N) is 2. The SMILES string of the molecule is CCn1c2ccc(C(=O)c3ccccc3C)cc2c2cc(/C(CCCSc3ccc(C)cc3)=N/OC(C)=O)ccc21. The van der Waals surface area contributed by atoms with E-state index in [1.807, 2.05) is 55.5 Å². The summed E-state index contributed by atoms with van der Waals surface area (Å²) in [7, 11) is 0. The molecule has 0 saturated heterocycles. The molecule has 208 valence electrons. The first-order valence-electron chi connectivity index (χ1n) is 14.0. The molecule has 41 heavy (non-hydrogen) atoms. The molecule has 0 aliphatic heterocycles. The maximum absolute atomic E-state index is 13.4. The van der Waals surface area contributed by atoms with Gasteiger partial charge in [0.2, 0.25) is 0 Å². The molecule has 6 heteroatoms. The van der Waals surface area contributed by atoms with Gasteiger partial charge >= 0.3 is 5.97 Å². The van der Waals surface area contributed by atoms with Crippen LogP contribution in [0.2, 0.25) is 0 Å². The van der Waals surface area contributed by atoms with Gasteiger partial charge in [-0.1, -0.05) is 53.2 Å². The van der Waals surface area contributed by atoms with E-state index in [4.69, 9.17) is 4.84 Å². The number of rotatable bonds is 10. The summed E-state index contributed by atoms with van der Waals surface area (Å²) in [4.78, 5) is 31.4. The minimum Gasteiger partial charge on any atom is -0.341 e. The Labute approximate surface area is 245 Å². The van der Waals surface area contributed by atoms with Crippen molar-refractivity contribution in [3.63, 3.8) is 0 Å². The van der Waals surface area contributed by atoms with E-state index in [2.05, 4.69) is 60.0 Å². The maximum Gasteiger partial charge on any atom is 0.331 e. The van der Waals surface area contributed by atoms with Crippen LogP contribution in [-0.2, 0) is 16.2 Å². The van der Waals surface area contributed by atoms with Gasteiger partial charge < -0.3 is 9.40 Å². The summed E-state index contributed by atoms with van der Waals surface area (Å²) >= 11 is 1.81. The molecule has 0 radical (unpaired) electrons. The van der Waals surface area contributed by atoms with Crippen LogP contribution in [0, 0.1) is 13.8 Å². The molecule has 5 aromatic rings. The number of benzene rings is 4. The topological polar surface area (TPSA) is 60.7 Å². The molecule has 0 amide bonds. The van der Waals surface area contributed by atoms with E-state index in [1.54, 1.807) is 11.8 Å². The van der Waals surface area contributed by atoms with Gasteiger partial charge in [0.1, 0.15) is 0 Å². The minimum atomic E-state index is -0.445. The Bertz CT molecular complexity index is 1770. The quantitative estimate of drug-likeness (QED) is 0.0428. The standard InChI is InChI=1S/C35H34N2O3S/c1-5-37-33-18-14-26(32(36-40-25(4)38)11-8-20-41-28-16-12-23(2)13-17-28)21-30(33)31-22-27(15-19-34(31)37)35(39)29-10-7-6-9-24(29)3/h6-7,9-10,12-19,21-22H,5,8,11,20H2,1-4H3/b36-32+. The molecule has 1 heterocycles. The molecule has 0 bridgehead atoms. The van der Waals surface area contributed by atoms with Gasteiger partial charge in [-0.2, -0.15) is 0 Å². The van der Waals surface area contributed by atoms with Crippen molar-refractivity contribution < 1.29 is 14.4 Å². The molecule has 0 spiro atoms. The predicted octanol–water partition coefficient (Wildman–Crippen LogP) is 8.50. The third kappa shape index (κ3) is 6.28. The molecule has 5 nitrogen and oxygen atoms in total. The lowest BCUT2D eigenvalue weighted by atomic mass is 9.97. The molecular weight excluding hydrogens is 528 g/mol. The molecular formula is C35H34N2O3S. The van der Waals surface area contributed by atoms with Crippen molar-refractivity contribution in [2.75, 3.05) is 5.75 Å². The number of fused-ring (bicyclic) bond motifs is 3. The van der Waals surface area contributed by atoms with Crippen LogP contribution in [0.5, 0.6) is 0 Å². The summed E-state index contributed by atoms with van der Waals surface area (Å²) in [6, 6.07) is 28.4. The summed E-state index contributed by atoms with van der Waals surface area (Å²) in [5, 5.41) is 6.32. The first-order valence-corrected chi connectivity index (χ1v) is 14.9. The van der Waals surface area contributed by atoms with Crippen molar-refractivity contribution in [3.8, 4) is 0 Å². The van der Waals surface area contributed by atoms with E-state index in [9.17, 15) is 9.59 Å². The second-order valence-electron chi connectivity index (χ2n) is 10.2. The molecule has 4 aromatic carbocycles. The molecule has 0 aliphatic carbocycles. The highest BCUT2D eigenvalue weighted by atomic mass is 32.2. The van der Waals surface area contributed by atoms with Crippen molar-refractivity contribution >= 4 is 51.0 Å². The number of oxime groups is 1. The molecule has 0 N–H and O–H groups in total. The third-order valence-electron chi connectivity index (χ3n) is 7.30. The van der Waals surface area contributed by atoms with Gasteiger partial charge in [0.15, 0.2) is 5.78 Å². The molecule has 1 aromatic heterocycles. The molecule has 0 unspecified atom stereocenters. The van der Waals surface area contributed by atoms with Crippen LogP contribution in [0.15, 0.2) is 95.0 Å². The molecule has 0 aliphatic rings. The zero-order valence-electron chi connectivity index (χ0n) is 23.9. The zero-order chi connectivity index (χ0) is 28.9. The lowest BCUT2D eigenvalue weighted by Crippen LogP contribution is -2.05. The third-order valence-corrected chi connectivity index (χ3v) is 8.40. The van der Waals surface area contributed by atoms with Gasteiger partial charge in [0.25, 0.3) is 0 Å². The van der Waals surface area contributed by atoms with Crippen molar-refractivity contribution in [2.45, 2.75) is 52.0 Å². The van der Waals surface area contributed by atoms with E-state index in [-0.39, 0.29) is 5.78 Å². The smallest absolute Gasteiger partial charge is 0.331 e. The van der Waals surface area contributed by atoms with Crippen LogP contribution < -0.4 is 0 Å². The average molecular weight is 563 g/mol. The van der Waals surface area contributed by atoms with Crippen molar-refractivity contribution in [1.82, 2.24) is 4.57 Å². The predicted molar refractivity (Wildman–Crippen MR) is 169 cm³/mol. The van der Waals surface area contributed by atoms with Gasteiger partial charge in [-0.15, -0.1) is 11.8 Å². The van der Waals surface area contributed by atoms with E-state index >= 15 is 0 Å². The Kier molecular flexibility index (Phi) is 8.70.